The van der Waals surface area contributed by atoms with Gasteiger partial charge in [0.15, 0.2) is 5.78 Å². The Morgan fingerprint density at radius 1 is 0.878 bits per heavy atom. The molecule has 4 aromatic rings. The van der Waals surface area contributed by atoms with E-state index in [0.29, 0.717) is 28.2 Å². The molecule has 7 heteroatoms. The van der Waals surface area contributed by atoms with Gasteiger partial charge in [-0.1, -0.05) is 78.9 Å². The van der Waals surface area contributed by atoms with Gasteiger partial charge in [-0.05, 0) is 61.1 Å². The summed E-state index contributed by atoms with van der Waals surface area (Å²) in [4.78, 5) is 47.0. The number of nitrogens with one attached hydrogen (secondary N) is 2. The van der Waals surface area contributed by atoms with Gasteiger partial charge in [-0.25, -0.2) is 9.79 Å². The van der Waals surface area contributed by atoms with Gasteiger partial charge in [-0.15, -0.1) is 0 Å². The van der Waals surface area contributed by atoms with E-state index in [4.69, 9.17) is 4.99 Å². The van der Waals surface area contributed by atoms with Crippen molar-refractivity contribution in [1.82, 2.24) is 5.32 Å². The number of fused-ring (bicyclic) bond motifs is 2. The van der Waals surface area contributed by atoms with Crippen LogP contribution in [0.25, 0.3) is 0 Å². The summed E-state index contributed by atoms with van der Waals surface area (Å²) in [6.45, 7) is 1.68. The number of hydrogen-bond acceptors (Lipinski definition) is 4. The van der Waals surface area contributed by atoms with Crippen molar-refractivity contribution in [3.05, 3.63) is 130 Å². The molecule has 1 heterocycles. The van der Waals surface area contributed by atoms with Crippen LogP contribution in [0.15, 0.2) is 102 Å². The molecule has 4 aromatic carbocycles. The number of hydrogen-bond donors (Lipinski definition) is 2. The van der Waals surface area contributed by atoms with Crippen LogP contribution in [0.3, 0.4) is 0 Å². The summed E-state index contributed by atoms with van der Waals surface area (Å²) in [5, 5.41) is 5.64. The molecule has 0 spiro atoms. The van der Waals surface area contributed by atoms with E-state index in [2.05, 4.69) is 10.6 Å². The van der Waals surface area contributed by atoms with Crippen molar-refractivity contribution in [2.24, 2.45) is 4.99 Å². The lowest BCUT2D eigenvalue weighted by atomic mass is 9.99. The number of benzodiazepines with no additional fused rings is 1. The molecule has 0 aromatic heterocycles. The number of para-hydroxylation sites is 1. The molecule has 0 saturated heterocycles. The summed E-state index contributed by atoms with van der Waals surface area (Å²) in [6, 6.07) is 29.6. The average molecular weight is 543 g/mol. The maximum Gasteiger partial charge on any atom is 0.321 e. The Bertz CT molecular complexity index is 1680. The van der Waals surface area contributed by atoms with Crippen molar-refractivity contribution in [2.75, 3.05) is 16.8 Å². The molecule has 0 unspecified atom stereocenters. The van der Waals surface area contributed by atoms with Crippen LogP contribution in [-0.2, 0) is 17.6 Å². The molecule has 2 N–H and O–H groups in total. The Morgan fingerprint density at radius 3 is 2.44 bits per heavy atom. The van der Waals surface area contributed by atoms with Crippen LogP contribution < -0.4 is 15.5 Å². The number of carbonyl (C=O) groups is 3. The van der Waals surface area contributed by atoms with Gasteiger partial charge >= 0.3 is 6.03 Å². The summed E-state index contributed by atoms with van der Waals surface area (Å²) < 4.78 is 0. The van der Waals surface area contributed by atoms with E-state index < -0.39 is 18.1 Å². The van der Waals surface area contributed by atoms with E-state index in [0.717, 1.165) is 30.4 Å². The molecule has 204 valence electrons. The number of ketones is 1. The minimum atomic E-state index is -1.25. The van der Waals surface area contributed by atoms with E-state index in [-0.39, 0.29) is 12.3 Å². The third-order valence-electron chi connectivity index (χ3n) is 7.63. The highest BCUT2D eigenvalue weighted by molar-refractivity contribution is 6.21. The van der Waals surface area contributed by atoms with Crippen LogP contribution in [0.1, 0.15) is 44.6 Å². The summed E-state index contributed by atoms with van der Waals surface area (Å²) in [7, 11) is 0. The minimum Gasteiger partial charge on any atom is -0.308 e. The summed E-state index contributed by atoms with van der Waals surface area (Å²) in [5.41, 5.74) is 7.19. The molecule has 0 saturated carbocycles. The number of Topliss-reactive ketones (excluding diaryl/α,β-unsaturated/α-hetero) is 1. The Morgan fingerprint density at radius 2 is 1.61 bits per heavy atom. The second kappa shape index (κ2) is 11.2. The molecule has 41 heavy (non-hydrogen) atoms. The summed E-state index contributed by atoms with van der Waals surface area (Å²) >= 11 is 0. The van der Waals surface area contributed by atoms with Crippen LogP contribution in [0.2, 0.25) is 0 Å². The van der Waals surface area contributed by atoms with Crippen molar-refractivity contribution in [3.63, 3.8) is 0 Å². The quantitative estimate of drug-likeness (QED) is 0.306. The molecular weight excluding hydrogens is 512 g/mol. The Balaban J connectivity index is 1.36. The molecule has 1 aliphatic carbocycles. The summed E-state index contributed by atoms with van der Waals surface area (Å²) in [6.07, 6.45) is 1.89. The second-order valence-corrected chi connectivity index (χ2v) is 10.4. The molecule has 0 radical (unpaired) electrons. The molecule has 1 atom stereocenters. The van der Waals surface area contributed by atoms with Gasteiger partial charge in [-0.3, -0.25) is 9.59 Å². The lowest BCUT2D eigenvalue weighted by Gasteiger charge is -2.25. The first-order valence-electron chi connectivity index (χ1n) is 13.8. The highest BCUT2D eigenvalue weighted by Gasteiger charge is 2.34. The van der Waals surface area contributed by atoms with E-state index in [1.807, 2.05) is 97.9 Å². The Kier molecular flexibility index (Phi) is 7.17. The van der Waals surface area contributed by atoms with Gasteiger partial charge in [0.25, 0.3) is 5.91 Å². The number of nitrogens with zero attached hydrogens (tertiary/aromatic N) is 2. The first-order valence-corrected chi connectivity index (χ1v) is 13.8. The monoisotopic (exact) mass is 542 g/mol. The van der Waals surface area contributed by atoms with Gasteiger partial charge < -0.3 is 15.5 Å². The molecular formula is C34H30N4O3. The van der Waals surface area contributed by atoms with Crippen molar-refractivity contribution >= 4 is 34.8 Å². The van der Waals surface area contributed by atoms with Crippen LogP contribution in [0, 0.1) is 6.92 Å². The minimum absolute atomic E-state index is 0.192. The number of anilines is 2. The van der Waals surface area contributed by atoms with Crippen molar-refractivity contribution in [1.29, 1.82) is 0 Å². The number of amides is 3. The fraction of sp³-hybridized carbons (Fsp3) is 0.176. The number of benzene rings is 4. The zero-order valence-electron chi connectivity index (χ0n) is 22.8. The van der Waals surface area contributed by atoms with Gasteiger partial charge in [0.2, 0.25) is 6.17 Å². The third-order valence-corrected chi connectivity index (χ3v) is 7.63. The Labute approximate surface area is 238 Å². The molecule has 3 amide bonds. The predicted molar refractivity (Wildman–Crippen MR) is 161 cm³/mol. The molecule has 0 bridgehead atoms. The van der Waals surface area contributed by atoms with Gasteiger partial charge in [-0.2, -0.15) is 0 Å². The van der Waals surface area contributed by atoms with Crippen molar-refractivity contribution in [2.45, 2.75) is 32.4 Å². The Hall–Kier alpha value is -5.04. The number of aryl methyl sites for hydroxylation is 3. The highest BCUT2D eigenvalue weighted by Crippen LogP contribution is 2.29. The van der Waals surface area contributed by atoms with Crippen LogP contribution in [-0.4, -0.2) is 36.1 Å². The number of rotatable bonds is 6. The van der Waals surface area contributed by atoms with Gasteiger partial charge in [0.05, 0.1) is 17.9 Å². The first kappa shape index (κ1) is 26.2. The van der Waals surface area contributed by atoms with Crippen molar-refractivity contribution in [3.8, 4) is 0 Å². The second-order valence-electron chi connectivity index (χ2n) is 10.4. The van der Waals surface area contributed by atoms with E-state index in [9.17, 15) is 14.4 Å². The first-order chi connectivity index (χ1) is 20.0. The smallest absolute Gasteiger partial charge is 0.308 e. The average Bonchev–Trinajstić information content (AvgIpc) is 3.42. The maximum absolute atomic E-state index is 14.1. The standard InChI is InChI=1S/C34H30N4O3/c1-22-10-5-6-15-27(22)30(39)21-38-29-17-8-7-16-28(29)31(24-11-3-2-4-12-24)36-32(33(38)40)37-34(41)35-26-19-18-23-13-9-14-25(23)20-26/h2-8,10-12,15-20,32H,9,13-14,21H2,1H3,(H2,35,37,41)/t32-/m1/s1. The molecule has 0 fully saturated rings. The number of carbonyl (C=O) groups excluding carboxylic acids is 3. The molecule has 2 aliphatic rings. The van der Waals surface area contributed by atoms with Crippen LogP contribution in [0.5, 0.6) is 0 Å². The SMILES string of the molecule is Cc1ccccc1C(=O)CN1C(=O)[C@@H](NC(=O)Nc2ccc3c(c2)CCC3)N=C(c2ccccc2)c2ccccc21. The predicted octanol–water partition coefficient (Wildman–Crippen LogP) is 5.70. The van der Waals surface area contributed by atoms with Gasteiger partial charge in [0, 0.05) is 22.4 Å². The maximum atomic E-state index is 14.1. The molecule has 6 rings (SSSR count). The van der Waals surface area contributed by atoms with E-state index in [1.54, 1.807) is 6.07 Å². The highest BCUT2D eigenvalue weighted by atomic mass is 16.2. The molecule has 1 aliphatic heterocycles. The normalized spacial score (nSPS) is 15.8. The molecule has 7 nitrogen and oxygen atoms in total. The van der Waals surface area contributed by atoms with Crippen molar-refractivity contribution < 1.29 is 14.4 Å². The van der Waals surface area contributed by atoms with Crippen LogP contribution in [0.4, 0.5) is 16.2 Å². The lowest BCUT2D eigenvalue weighted by molar-refractivity contribution is -0.120. The van der Waals surface area contributed by atoms with Crippen LogP contribution >= 0.6 is 0 Å². The number of aliphatic imine (C=N–C) groups is 1. The fourth-order valence-electron chi connectivity index (χ4n) is 5.57. The lowest BCUT2D eigenvalue weighted by Crippen LogP contribution is -2.50. The zero-order valence-corrected chi connectivity index (χ0v) is 22.8. The van der Waals surface area contributed by atoms with E-state index in [1.165, 1.54) is 16.0 Å². The number of urea groups is 1. The topological polar surface area (TPSA) is 90.9 Å². The zero-order chi connectivity index (χ0) is 28.3. The van der Waals surface area contributed by atoms with E-state index >= 15 is 0 Å². The fourth-order valence-corrected chi connectivity index (χ4v) is 5.57. The van der Waals surface area contributed by atoms with Gasteiger partial charge in [0.1, 0.15) is 0 Å². The third kappa shape index (κ3) is 5.39. The largest absolute Gasteiger partial charge is 0.321 e. The summed E-state index contributed by atoms with van der Waals surface area (Å²) in [5.74, 6) is -0.690.